The van der Waals surface area contributed by atoms with Crippen LogP contribution >= 0.6 is 0 Å². The molecule has 1 saturated heterocycles. The first-order valence-corrected chi connectivity index (χ1v) is 9.30. The van der Waals surface area contributed by atoms with Gasteiger partial charge in [0.05, 0.1) is 18.8 Å². The third kappa shape index (κ3) is 5.13. The third-order valence-electron chi connectivity index (χ3n) is 4.75. The van der Waals surface area contributed by atoms with Gasteiger partial charge in [-0.05, 0) is 30.2 Å². The molecule has 0 radical (unpaired) electrons. The van der Waals surface area contributed by atoms with Crippen molar-refractivity contribution in [1.82, 2.24) is 14.9 Å². The highest BCUT2D eigenvalue weighted by Gasteiger charge is 2.35. The van der Waals surface area contributed by atoms with Crippen molar-refractivity contribution in [1.29, 1.82) is 0 Å². The first kappa shape index (κ1) is 22.5. The SMILES string of the molecule is CNc1nc(Nc2cc(C)c(C3CN(C=O)CCO3)cc2OCF)ncc1C(F)(F)F. The Hall–Kier alpha value is -3.15. The molecule has 1 fully saturated rings. The van der Waals surface area contributed by atoms with Gasteiger partial charge in [-0.3, -0.25) is 4.79 Å². The van der Waals surface area contributed by atoms with E-state index >= 15 is 0 Å². The molecule has 1 aromatic carbocycles. The largest absolute Gasteiger partial charge is 0.461 e. The number of aryl methyl sites for hydroxylation is 1. The van der Waals surface area contributed by atoms with E-state index in [0.29, 0.717) is 31.5 Å². The van der Waals surface area contributed by atoms with Crippen LogP contribution in [0.4, 0.5) is 35.0 Å². The van der Waals surface area contributed by atoms with Crippen LogP contribution in [0.5, 0.6) is 5.75 Å². The average Bonchev–Trinajstić information content (AvgIpc) is 2.74. The lowest BCUT2D eigenvalue weighted by Gasteiger charge is -2.31. The number of hydrogen-bond donors (Lipinski definition) is 2. The van der Waals surface area contributed by atoms with Crippen LogP contribution in [-0.2, 0) is 15.7 Å². The molecule has 8 nitrogen and oxygen atoms in total. The van der Waals surface area contributed by atoms with Gasteiger partial charge >= 0.3 is 6.18 Å². The minimum Gasteiger partial charge on any atom is -0.461 e. The van der Waals surface area contributed by atoms with Gasteiger partial charge in [0.15, 0.2) is 0 Å². The van der Waals surface area contributed by atoms with Crippen molar-refractivity contribution in [3.8, 4) is 5.75 Å². The Kier molecular flexibility index (Phi) is 6.78. The second-order valence-electron chi connectivity index (χ2n) is 6.75. The zero-order valence-corrected chi connectivity index (χ0v) is 16.8. The molecule has 168 valence electrons. The zero-order valence-electron chi connectivity index (χ0n) is 16.8. The van der Waals surface area contributed by atoms with Gasteiger partial charge in [-0.2, -0.15) is 18.2 Å². The molecule has 1 aliphatic heterocycles. The predicted molar refractivity (Wildman–Crippen MR) is 104 cm³/mol. The number of benzene rings is 1. The van der Waals surface area contributed by atoms with Crippen molar-refractivity contribution >= 4 is 23.9 Å². The van der Waals surface area contributed by atoms with Crippen LogP contribution in [-0.4, -0.2) is 54.9 Å². The maximum absolute atomic E-state index is 13.0. The van der Waals surface area contributed by atoms with Gasteiger partial charge in [-0.15, -0.1) is 0 Å². The number of nitrogens with one attached hydrogen (secondary N) is 2. The number of alkyl halides is 4. The molecule has 2 N–H and O–H groups in total. The molecule has 0 bridgehead atoms. The molecule has 1 aromatic heterocycles. The van der Waals surface area contributed by atoms with Gasteiger partial charge < -0.3 is 25.0 Å². The van der Waals surface area contributed by atoms with Gasteiger partial charge in [0, 0.05) is 19.8 Å². The van der Waals surface area contributed by atoms with Gasteiger partial charge in [-0.25, -0.2) is 9.37 Å². The van der Waals surface area contributed by atoms with Crippen LogP contribution in [0.25, 0.3) is 0 Å². The van der Waals surface area contributed by atoms with Crippen molar-refractivity contribution < 1.29 is 31.8 Å². The maximum Gasteiger partial charge on any atom is 0.421 e. The van der Waals surface area contributed by atoms with Crippen LogP contribution < -0.4 is 15.4 Å². The number of anilines is 3. The van der Waals surface area contributed by atoms with E-state index in [2.05, 4.69) is 20.6 Å². The summed E-state index contributed by atoms with van der Waals surface area (Å²) in [6.45, 7) is 1.83. The summed E-state index contributed by atoms with van der Waals surface area (Å²) < 4.78 is 62.9. The lowest BCUT2D eigenvalue weighted by molar-refractivity contribution is -0.137. The number of carbonyl (C=O) groups is 1. The smallest absolute Gasteiger partial charge is 0.421 e. The number of amides is 1. The summed E-state index contributed by atoms with van der Waals surface area (Å²) in [6.07, 6.45) is -3.65. The highest BCUT2D eigenvalue weighted by atomic mass is 19.4. The van der Waals surface area contributed by atoms with Crippen molar-refractivity contribution in [3.63, 3.8) is 0 Å². The molecule has 3 rings (SSSR count). The maximum atomic E-state index is 13.0. The molecular weight excluding hydrogens is 422 g/mol. The Morgan fingerprint density at radius 2 is 2.16 bits per heavy atom. The monoisotopic (exact) mass is 443 g/mol. The fourth-order valence-electron chi connectivity index (χ4n) is 3.24. The number of nitrogens with zero attached hydrogens (tertiary/aromatic N) is 3. The van der Waals surface area contributed by atoms with Crippen LogP contribution in [0.1, 0.15) is 22.8 Å². The summed E-state index contributed by atoms with van der Waals surface area (Å²) in [4.78, 5) is 20.2. The van der Waals surface area contributed by atoms with Crippen molar-refractivity contribution in [2.75, 3.05) is 44.2 Å². The summed E-state index contributed by atoms with van der Waals surface area (Å²) in [6, 6.07) is 3.20. The number of ether oxygens (including phenoxy) is 2. The summed E-state index contributed by atoms with van der Waals surface area (Å²) >= 11 is 0. The van der Waals surface area contributed by atoms with E-state index in [4.69, 9.17) is 9.47 Å². The highest BCUT2D eigenvalue weighted by molar-refractivity contribution is 5.66. The van der Waals surface area contributed by atoms with E-state index in [9.17, 15) is 22.4 Å². The molecule has 1 amide bonds. The van der Waals surface area contributed by atoms with Crippen LogP contribution in [0.3, 0.4) is 0 Å². The first-order chi connectivity index (χ1) is 14.8. The Morgan fingerprint density at radius 1 is 1.39 bits per heavy atom. The number of aromatic nitrogens is 2. The highest BCUT2D eigenvalue weighted by Crippen LogP contribution is 2.37. The second kappa shape index (κ2) is 9.33. The van der Waals surface area contributed by atoms with E-state index in [-0.39, 0.29) is 17.4 Å². The molecule has 1 aliphatic rings. The normalized spacial score (nSPS) is 16.7. The molecular formula is C19H21F4N5O3. The summed E-state index contributed by atoms with van der Waals surface area (Å²) in [5, 5.41) is 5.16. The molecule has 1 atom stereocenters. The van der Waals surface area contributed by atoms with Crippen LogP contribution in [0.2, 0.25) is 0 Å². The van der Waals surface area contributed by atoms with E-state index < -0.39 is 30.5 Å². The average molecular weight is 443 g/mol. The number of halogens is 4. The number of rotatable bonds is 7. The molecule has 1 unspecified atom stereocenters. The summed E-state index contributed by atoms with van der Waals surface area (Å²) in [5.41, 5.74) is 0.697. The number of carbonyl (C=O) groups excluding carboxylic acids is 1. The lowest BCUT2D eigenvalue weighted by Crippen LogP contribution is -2.37. The van der Waals surface area contributed by atoms with Gasteiger partial charge in [0.25, 0.3) is 0 Å². The third-order valence-corrected chi connectivity index (χ3v) is 4.75. The Morgan fingerprint density at radius 3 is 2.81 bits per heavy atom. The fraction of sp³-hybridized carbons (Fsp3) is 0.421. The Bertz CT molecular complexity index is 941. The quantitative estimate of drug-likeness (QED) is 0.501. The van der Waals surface area contributed by atoms with Crippen molar-refractivity contribution in [3.05, 3.63) is 35.0 Å². The fourth-order valence-corrected chi connectivity index (χ4v) is 3.24. The Labute approximate surface area is 175 Å². The molecule has 0 spiro atoms. The van der Waals surface area contributed by atoms with Gasteiger partial charge in [0.1, 0.15) is 23.2 Å². The van der Waals surface area contributed by atoms with Gasteiger partial charge in [0.2, 0.25) is 19.2 Å². The molecule has 2 heterocycles. The van der Waals surface area contributed by atoms with E-state index in [1.54, 1.807) is 24.0 Å². The Balaban J connectivity index is 1.93. The minimum absolute atomic E-state index is 0.101. The summed E-state index contributed by atoms with van der Waals surface area (Å²) in [7, 11) is 1.31. The number of morpholine rings is 1. The first-order valence-electron chi connectivity index (χ1n) is 9.30. The van der Waals surface area contributed by atoms with E-state index in [0.717, 1.165) is 12.0 Å². The van der Waals surface area contributed by atoms with E-state index in [1.807, 2.05) is 0 Å². The molecule has 0 aliphatic carbocycles. The number of hydrogen-bond acceptors (Lipinski definition) is 7. The topological polar surface area (TPSA) is 88.6 Å². The second-order valence-corrected chi connectivity index (χ2v) is 6.75. The predicted octanol–water partition coefficient (Wildman–Crippen LogP) is 3.42. The van der Waals surface area contributed by atoms with Crippen molar-refractivity contribution in [2.45, 2.75) is 19.2 Å². The van der Waals surface area contributed by atoms with Crippen LogP contribution in [0.15, 0.2) is 18.3 Å². The minimum atomic E-state index is -4.62. The van der Waals surface area contributed by atoms with Crippen LogP contribution in [0, 0.1) is 6.92 Å². The molecule has 12 heteroatoms. The molecule has 0 saturated carbocycles. The zero-order chi connectivity index (χ0) is 22.6. The summed E-state index contributed by atoms with van der Waals surface area (Å²) in [5.74, 6) is -0.436. The van der Waals surface area contributed by atoms with Gasteiger partial charge in [-0.1, -0.05) is 0 Å². The van der Waals surface area contributed by atoms with Crippen molar-refractivity contribution in [2.24, 2.45) is 0 Å². The standard InChI is InChI=1S/C19H21F4N5O3/c1-11-5-14(26-18-25-7-13(19(21,22)23)17(24-2)27-18)15(31-9-20)6-12(11)16-8-28(10-29)3-4-30-16/h5-7,10,16H,3-4,8-9H2,1-2H3,(H2,24,25,26,27). The van der Waals surface area contributed by atoms with E-state index in [1.165, 1.54) is 7.05 Å². The molecule has 2 aromatic rings. The molecule has 31 heavy (non-hydrogen) atoms. The lowest BCUT2D eigenvalue weighted by atomic mass is 10.0.